The number of carbonyl (C=O) groups excluding carboxylic acids is 1. The maximum atomic E-state index is 12.7. The van der Waals surface area contributed by atoms with Crippen LogP contribution in [0.3, 0.4) is 0 Å². The second kappa shape index (κ2) is 6.89. The number of benzene rings is 2. The molecule has 2 aliphatic heterocycles. The Morgan fingerprint density at radius 2 is 1.04 bits per heavy atom. The molecule has 0 saturated heterocycles. The van der Waals surface area contributed by atoms with Crippen LogP contribution in [0.25, 0.3) is 0 Å². The summed E-state index contributed by atoms with van der Waals surface area (Å²) in [6.45, 7) is 0.0514. The predicted octanol–water partition coefficient (Wildman–Crippen LogP) is 4.85. The van der Waals surface area contributed by atoms with Gasteiger partial charge in [-0.3, -0.25) is 4.79 Å². The van der Waals surface area contributed by atoms with E-state index in [2.05, 4.69) is 0 Å². The number of rotatable bonds is 2. The van der Waals surface area contributed by atoms with Crippen molar-refractivity contribution < 1.29 is 23.7 Å². The van der Waals surface area contributed by atoms with E-state index in [4.69, 9.17) is 65.4 Å². The molecular weight excluding hydrogens is 426 g/mol. The van der Waals surface area contributed by atoms with Gasteiger partial charge in [0.1, 0.15) is 13.2 Å². The second-order valence-corrected chi connectivity index (χ2v) is 7.29. The second-order valence-electron chi connectivity index (χ2n) is 5.66. The summed E-state index contributed by atoms with van der Waals surface area (Å²) >= 11 is 23.9. The minimum absolute atomic E-state index is 0.0257. The summed E-state index contributed by atoms with van der Waals surface area (Å²) in [7, 11) is 0. The van der Waals surface area contributed by atoms with Gasteiger partial charge in [-0.05, 0) is 0 Å². The standard InChI is InChI=1S/C17H10Cl4O5/c18-7-1-11-13(3-9(7)20)25-15(5-23-11)17(22)16-6-24-12-2-8(19)10(21)4-14(12)26-16/h1-4,15-16H,5-6H2. The molecule has 2 unspecified atom stereocenters. The van der Waals surface area contributed by atoms with Gasteiger partial charge in [-0.25, -0.2) is 0 Å². The highest BCUT2D eigenvalue weighted by atomic mass is 35.5. The quantitative estimate of drug-likeness (QED) is 0.674. The van der Waals surface area contributed by atoms with Gasteiger partial charge in [-0.2, -0.15) is 0 Å². The van der Waals surface area contributed by atoms with Gasteiger partial charge in [-0.15, -0.1) is 0 Å². The smallest absolute Gasteiger partial charge is 0.220 e. The lowest BCUT2D eigenvalue weighted by molar-refractivity contribution is -0.137. The number of Topliss-reactive ketones (excluding diaryl/α,β-unsaturated/α-hetero) is 1. The number of hydrogen-bond acceptors (Lipinski definition) is 5. The van der Waals surface area contributed by atoms with Crippen LogP contribution < -0.4 is 18.9 Å². The van der Waals surface area contributed by atoms with Crippen LogP contribution in [0.2, 0.25) is 20.1 Å². The first kappa shape index (κ1) is 17.9. The van der Waals surface area contributed by atoms with Crippen LogP contribution in [0, 0.1) is 0 Å². The molecule has 0 aliphatic carbocycles. The number of hydrogen-bond donors (Lipinski definition) is 0. The van der Waals surface area contributed by atoms with Crippen LogP contribution in [0.1, 0.15) is 0 Å². The molecule has 2 heterocycles. The van der Waals surface area contributed by atoms with Gasteiger partial charge in [-0.1, -0.05) is 46.4 Å². The summed E-state index contributed by atoms with van der Waals surface area (Å²) in [4.78, 5) is 12.7. The van der Waals surface area contributed by atoms with Crippen LogP contribution in [-0.2, 0) is 4.79 Å². The van der Waals surface area contributed by atoms with E-state index in [-0.39, 0.29) is 19.0 Å². The molecule has 0 spiro atoms. The first-order valence-electron chi connectivity index (χ1n) is 7.53. The molecule has 4 rings (SSSR count). The van der Waals surface area contributed by atoms with Crippen molar-refractivity contribution >= 4 is 52.2 Å². The van der Waals surface area contributed by atoms with Gasteiger partial charge in [0.25, 0.3) is 0 Å². The maximum absolute atomic E-state index is 12.7. The molecular formula is C17H10Cl4O5. The van der Waals surface area contributed by atoms with Crippen molar-refractivity contribution in [2.75, 3.05) is 13.2 Å². The Bertz CT molecular complexity index is 830. The average Bonchev–Trinajstić information content (AvgIpc) is 2.62. The van der Waals surface area contributed by atoms with E-state index < -0.39 is 12.2 Å². The molecule has 0 aromatic heterocycles. The Kier molecular flexibility index (Phi) is 4.73. The minimum Gasteiger partial charge on any atom is -0.485 e. The third-order valence-corrected chi connectivity index (χ3v) is 5.37. The molecule has 136 valence electrons. The van der Waals surface area contributed by atoms with Crippen LogP contribution in [0.5, 0.6) is 23.0 Å². The largest absolute Gasteiger partial charge is 0.485 e. The van der Waals surface area contributed by atoms with Gasteiger partial charge < -0.3 is 18.9 Å². The van der Waals surface area contributed by atoms with E-state index in [1.807, 2.05) is 0 Å². The van der Waals surface area contributed by atoms with Gasteiger partial charge >= 0.3 is 0 Å². The number of fused-ring (bicyclic) bond motifs is 2. The number of ketones is 1. The van der Waals surface area contributed by atoms with Crippen molar-refractivity contribution in [3.05, 3.63) is 44.4 Å². The molecule has 2 aromatic carbocycles. The number of ether oxygens (including phenoxy) is 4. The van der Waals surface area contributed by atoms with Crippen molar-refractivity contribution in [2.45, 2.75) is 12.2 Å². The van der Waals surface area contributed by atoms with Crippen molar-refractivity contribution in [3.8, 4) is 23.0 Å². The first-order valence-corrected chi connectivity index (χ1v) is 9.04. The van der Waals surface area contributed by atoms with Gasteiger partial charge in [0.15, 0.2) is 35.2 Å². The predicted molar refractivity (Wildman–Crippen MR) is 97.8 cm³/mol. The molecule has 9 heteroatoms. The van der Waals surface area contributed by atoms with Crippen molar-refractivity contribution in [2.24, 2.45) is 0 Å². The fraction of sp³-hybridized carbons (Fsp3) is 0.235. The van der Waals surface area contributed by atoms with E-state index in [1.165, 1.54) is 12.1 Å². The highest BCUT2D eigenvalue weighted by molar-refractivity contribution is 6.42. The molecule has 26 heavy (non-hydrogen) atoms. The van der Waals surface area contributed by atoms with Crippen LogP contribution in [0.15, 0.2) is 24.3 Å². The van der Waals surface area contributed by atoms with E-state index in [9.17, 15) is 4.79 Å². The summed E-state index contributed by atoms with van der Waals surface area (Å²) in [5, 5.41) is 1.30. The highest BCUT2D eigenvalue weighted by Gasteiger charge is 2.37. The minimum atomic E-state index is -0.863. The molecule has 2 aliphatic rings. The fourth-order valence-corrected chi connectivity index (χ4v) is 3.24. The summed E-state index contributed by atoms with van der Waals surface area (Å²) < 4.78 is 22.6. The molecule has 5 nitrogen and oxygen atoms in total. The molecule has 0 fully saturated rings. The van der Waals surface area contributed by atoms with E-state index in [1.54, 1.807) is 12.1 Å². The molecule has 0 saturated carbocycles. The summed E-state index contributed by atoms with van der Waals surface area (Å²) in [6.07, 6.45) is -1.73. The molecule has 0 amide bonds. The summed E-state index contributed by atoms with van der Waals surface area (Å²) in [6, 6.07) is 6.10. The van der Waals surface area contributed by atoms with Crippen LogP contribution in [-0.4, -0.2) is 31.2 Å². The Morgan fingerprint density at radius 1 is 0.692 bits per heavy atom. The van der Waals surface area contributed by atoms with Crippen molar-refractivity contribution in [3.63, 3.8) is 0 Å². The molecule has 0 N–H and O–H groups in total. The third kappa shape index (κ3) is 3.25. The SMILES string of the molecule is O=C(C1COc2cc(Cl)c(Cl)cc2O1)C1COc2cc(Cl)c(Cl)cc2O1. The topological polar surface area (TPSA) is 54.0 Å². The van der Waals surface area contributed by atoms with Crippen LogP contribution >= 0.6 is 46.4 Å². The Labute approximate surface area is 168 Å². The zero-order chi connectivity index (χ0) is 18.4. The monoisotopic (exact) mass is 434 g/mol. The normalized spacial score (nSPS) is 20.6. The van der Waals surface area contributed by atoms with Gasteiger partial charge in [0, 0.05) is 24.3 Å². The lowest BCUT2D eigenvalue weighted by Crippen LogP contribution is -2.48. The van der Waals surface area contributed by atoms with Crippen LogP contribution in [0.4, 0.5) is 0 Å². The summed E-state index contributed by atoms with van der Waals surface area (Å²) in [5.74, 6) is 1.22. The Hall–Kier alpha value is -1.53. The maximum Gasteiger partial charge on any atom is 0.220 e. The zero-order valence-corrected chi connectivity index (χ0v) is 16.0. The average molecular weight is 436 g/mol. The zero-order valence-electron chi connectivity index (χ0n) is 12.9. The van der Waals surface area contributed by atoms with E-state index >= 15 is 0 Å². The highest BCUT2D eigenvalue weighted by Crippen LogP contribution is 2.41. The number of halogens is 4. The Balaban J connectivity index is 1.51. The summed E-state index contributed by atoms with van der Waals surface area (Å²) in [5.41, 5.74) is 0. The molecule has 0 radical (unpaired) electrons. The number of carbonyl (C=O) groups is 1. The fourth-order valence-electron chi connectivity index (χ4n) is 2.62. The first-order chi connectivity index (χ1) is 12.4. The van der Waals surface area contributed by atoms with Gasteiger partial charge in [0.2, 0.25) is 5.78 Å². The Morgan fingerprint density at radius 3 is 1.42 bits per heavy atom. The van der Waals surface area contributed by atoms with E-state index in [0.717, 1.165) is 0 Å². The third-order valence-electron chi connectivity index (χ3n) is 3.93. The molecule has 2 atom stereocenters. The van der Waals surface area contributed by atoms with E-state index in [0.29, 0.717) is 43.1 Å². The van der Waals surface area contributed by atoms with Crippen molar-refractivity contribution in [1.29, 1.82) is 0 Å². The molecule has 0 bridgehead atoms. The lowest BCUT2D eigenvalue weighted by atomic mass is 10.1. The lowest BCUT2D eigenvalue weighted by Gasteiger charge is -2.31. The van der Waals surface area contributed by atoms with Crippen molar-refractivity contribution in [1.82, 2.24) is 0 Å². The van der Waals surface area contributed by atoms with Gasteiger partial charge in [0.05, 0.1) is 20.1 Å². The molecule has 2 aromatic rings.